The molecule has 148 valence electrons. The molecule has 6 nitrogen and oxygen atoms in total. The number of thioether (sulfide) groups is 1. The SMILES string of the molecule is O=C1CSc2ccc(S(=O)(=O)N3CCOCC3)cc2N1Cc1ccc(F)cc1. The zero-order valence-electron chi connectivity index (χ0n) is 15.0. The number of hydrogen-bond acceptors (Lipinski definition) is 5. The monoisotopic (exact) mass is 422 g/mol. The molecule has 4 rings (SSSR count). The minimum absolute atomic E-state index is 0.109. The van der Waals surface area contributed by atoms with Crippen LogP contribution in [0.3, 0.4) is 0 Å². The van der Waals surface area contributed by atoms with E-state index in [1.54, 1.807) is 35.2 Å². The highest BCUT2D eigenvalue weighted by Gasteiger charge is 2.30. The summed E-state index contributed by atoms with van der Waals surface area (Å²) in [6, 6.07) is 10.8. The van der Waals surface area contributed by atoms with Crippen molar-refractivity contribution in [2.24, 2.45) is 0 Å². The van der Waals surface area contributed by atoms with Crippen molar-refractivity contribution < 1.29 is 22.3 Å². The van der Waals surface area contributed by atoms with Gasteiger partial charge in [-0.15, -0.1) is 11.8 Å². The molecule has 0 atom stereocenters. The largest absolute Gasteiger partial charge is 0.379 e. The summed E-state index contributed by atoms with van der Waals surface area (Å²) in [6.07, 6.45) is 0. The zero-order chi connectivity index (χ0) is 19.7. The molecule has 0 spiro atoms. The second-order valence-electron chi connectivity index (χ2n) is 6.54. The van der Waals surface area contributed by atoms with Gasteiger partial charge in [0.1, 0.15) is 5.82 Å². The van der Waals surface area contributed by atoms with Crippen molar-refractivity contribution in [2.45, 2.75) is 16.3 Å². The number of carbonyl (C=O) groups excluding carboxylic acids is 1. The Balaban J connectivity index is 1.68. The molecule has 0 saturated carbocycles. The predicted octanol–water partition coefficient (Wildman–Crippen LogP) is 2.49. The second-order valence-corrected chi connectivity index (χ2v) is 9.50. The molecule has 1 fully saturated rings. The fourth-order valence-electron chi connectivity index (χ4n) is 3.22. The Bertz CT molecular complexity index is 989. The molecule has 1 saturated heterocycles. The number of anilines is 1. The number of nitrogens with zero attached hydrogens (tertiary/aromatic N) is 2. The number of carbonyl (C=O) groups is 1. The molecule has 2 heterocycles. The molecule has 9 heteroatoms. The van der Waals surface area contributed by atoms with Crippen LogP contribution in [-0.4, -0.2) is 50.7 Å². The number of fused-ring (bicyclic) bond motifs is 1. The van der Waals surface area contributed by atoms with Crippen LogP contribution in [0.4, 0.5) is 10.1 Å². The topological polar surface area (TPSA) is 66.9 Å². The molecule has 28 heavy (non-hydrogen) atoms. The summed E-state index contributed by atoms with van der Waals surface area (Å²) >= 11 is 1.39. The van der Waals surface area contributed by atoms with Crippen molar-refractivity contribution in [3.63, 3.8) is 0 Å². The van der Waals surface area contributed by atoms with Crippen LogP contribution in [-0.2, 0) is 26.1 Å². The Morgan fingerprint density at radius 1 is 1.07 bits per heavy atom. The highest BCUT2D eigenvalue weighted by molar-refractivity contribution is 8.00. The van der Waals surface area contributed by atoms with Crippen molar-refractivity contribution in [3.05, 3.63) is 53.8 Å². The summed E-state index contributed by atoms with van der Waals surface area (Å²) < 4.78 is 45.8. The van der Waals surface area contributed by atoms with Crippen LogP contribution in [0.2, 0.25) is 0 Å². The Morgan fingerprint density at radius 3 is 2.50 bits per heavy atom. The number of ether oxygens (including phenoxy) is 1. The molecule has 0 bridgehead atoms. The number of rotatable bonds is 4. The number of benzene rings is 2. The molecular formula is C19H19FN2O4S2. The van der Waals surface area contributed by atoms with Crippen molar-refractivity contribution in [2.75, 3.05) is 37.0 Å². The molecule has 0 aromatic heterocycles. The number of sulfonamides is 1. The summed E-state index contributed by atoms with van der Waals surface area (Å²) in [4.78, 5) is 15.1. The summed E-state index contributed by atoms with van der Waals surface area (Å²) in [6.45, 7) is 1.62. The van der Waals surface area contributed by atoms with Gasteiger partial charge in [0, 0.05) is 18.0 Å². The first-order chi connectivity index (χ1) is 13.4. The molecule has 0 aliphatic carbocycles. The van der Waals surface area contributed by atoms with E-state index < -0.39 is 10.0 Å². The van der Waals surface area contributed by atoms with Gasteiger partial charge in [0.05, 0.1) is 36.1 Å². The van der Waals surface area contributed by atoms with Gasteiger partial charge < -0.3 is 9.64 Å². The van der Waals surface area contributed by atoms with Gasteiger partial charge in [0.2, 0.25) is 15.9 Å². The fourth-order valence-corrected chi connectivity index (χ4v) is 5.57. The summed E-state index contributed by atoms with van der Waals surface area (Å²) in [5.74, 6) is -0.171. The Labute approximate surface area is 167 Å². The molecule has 2 aromatic carbocycles. The Hall–Kier alpha value is -1.94. The van der Waals surface area contributed by atoms with Gasteiger partial charge in [0.25, 0.3) is 0 Å². The third-order valence-corrected chi connectivity index (χ3v) is 7.68. The van der Waals surface area contributed by atoms with E-state index in [-0.39, 0.29) is 28.9 Å². The number of morpholine rings is 1. The van der Waals surface area contributed by atoms with Gasteiger partial charge in [0.15, 0.2) is 0 Å². The van der Waals surface area contributed by atoms with E-state index in [0.717, 1.165) is 10.5 Å². The van der Waals surface area contributed by atoms with E-state index in [1.165, 1.54) is 28.2 Å². The molecule has 0 unspecified atom stereocenters. The predicted molar refractivity (Wildman–Crippen MR) is 104 cm³/mol. The van der Waals surface area contributed by atoms with Gasteiger partial charge in [-0.05, 0) is 35.9 Å². The number of hydrogen-bond donors (Lipinski definition) is 0. The lowest BCUT2D eigenvalue weighted by molar-refractivity contribution is -0.116. The normalized spacial score (nSPS) is 18.2. The highest BCUT2D eigenvalue weighted by Crippen LogP contribution is 2.38. The van der Waals surface area contributed by atoms with Crippen molar-refractivity contribution in [3.8, 4) is 0 Å². The van der Waals surface area contributed by atoms with E-state index in [0.29, 0.717) is 32.0 Å². The van der Waals surface area contributed by atoms with Crippen LogP contribution in [0.5, 0.6) is 0 Å². The summed E-state index contributed by atoms with van der Waals surface area (Å²) in [7, 11) is -3.66. The van der Waals surface area contributed by atoms with E-state index >= 15 is 0 Å². The highest BCUT2D eigenvalue weighted by atomic mass is 32.2. The van der Waals surface area contributed by atoms with Gasteiger partial charge >= 0.3 is 0 Å². The van der Waals surface area contributed by atoms with E-state index in [1.807, 2.05) is 0 Å². The van der Waals surface area contributed by atoms with E-state index in [9.17, 15) is 17.6 Å². The van der Waals surface area contributed by atoms with Crippen molar-refractivity contribution in [1.29, 1.82) is 0 Å². The van der Waals surface area contributed by atoms with Crippen LogP contribution in [0.1, 0.15) is 5.56 Å². The lowest BCUT2D eigenvalue weighted by Gasteiger charge is -2.30. The van der Waals surface area contributed by atoms with Gasteiger partial charge in [-0.1, -0.05) is 12.1 Å². The Kier molecular flexibility index (Phi) is 5.42. The number of halogens is 1. The third-order valence-electron chi connectivity index (χ3n) is 4.74. The molecule has 1 amide bonds. The van der Waals surface area contributed by atoms with Gasteiger partial charge in [-0.3, -0.25) is 4.79 Å². The summed E-state index contributed by atoms with van der Waals surface area (Å²) in [5, 5.41) is 0. The molecule has 2 aromatic rings. The lowest BCUT2D eigenvalue weighted by atomic mass is 10.2. The Morgan fingerprint density at radius 2 is 1.79 bits per heavy atom. The third kappa shape index (κ3) is 3.80. The van der Waals surface area contributed by atoms with Gasteiger partial charge in [-0.25, -0.2) is 12.8 Å². The fraction of sp³-hybridized carbons (Fsp3) is 0.316. The van der Waals surface area contributed by atoms with Crippen LogP contribution in [0, 0.1) is 5.82 Å². The second kappa shape index (κ2) is 7.82. The standard InChI is InChI=1S/C19H19FN2O4S2/c20-15-3-1-14(2-4-15)12-22-17-11-16(5-6-18(17)27-13-19(22)23)28(24,25)21-7-9-26-10-8-21/h1-6,11H,7-10,12-13H2. The first-order valence-corrected chi connectivity index (χ1v) is 11.3. The quantitative estimate of drug-likeness (QED) is 0.757. The van der Waals surface area contributed by atoms with Crippen molar-refractivity contribution in [1.82, 2.24) is 4.31 Å². The number of amides is 1. The maximum Gasteiger partial charge on any atom is 0.243 e. The van der Waals surface area contributed by atoms with Crippen LogP contribution in [0.25, 0.3) is 0 Å². The van der Waals surface area contributed by atoms with E-state index in [4.69, 9.17) is 4.74 Å². The lowest BCUT2D eigenvalue weighted by Crippen LogP contribution is -2.41. The maximum absolute atomic E-state index is 13.2. The molecule has 2 aliphatic heterocycles. The first kappa shape index (κ1) is 19.4. The van der Waals surface area contributed by atoms with Crippen LogP contribution < -0.4 is 4.90 Å². The average Bonchev–Trinajstić information content (AvgIpc) is 2.72. The van der Waals surface area contributed by atoms with Gasteiger partial charge in [-0.2, -0.15) is 4.31 Å². The van der Waals surface area contributed by atoms with Crippen LogP contribution in [0.15, 0.2) is 52.3 Å². The minimum Gasteiger partial charge on any atom is -0.379 e. The molecular weight excluding hydrogens is 403 g/mol. The molecule has 0 radical (unpaired) electrons. The minimum atomic E-state index is -3.66. The maximum atomic E-state index is 13.2. The molecule has 2 aliphatic rings. The zero-order valence-corrected chi connectivity index (χ0v) is 16.6. The van der Waals surface area contributed by atoms with Crippen LogP contribution >= 0.6 is 11.8 Å². The summed E-state index contributed by atoms with van der Waals surface area (Å²) in [5.41, 5.74) is 1.34. The van der Waals surface area contributed by atoms with Crippen molar-refractivity contribution >= 4 is 33.4 Å². The smallest absolute Gasteiger partial charge is 0.243 e. The average molecular weight is 423 g/mol. The van der Waals surface area contributed by atoms with E-state index in [2.05, 4.69) is 0 Å². The first-order valence-electron chi connectivity index (χ1n) is 8.85. The molecule has 0 N–H and O–H groups in total.